The van der Waals surface area contributed by atoms with Gasteiger partial charge in [-0.2, -0.15) is 0 Å². The number of para-hydroxylation sites is 1. The Morgan fingerprint density at radius 2 is 1.98 bits per heavy atom. The maximum Gasteiger partial charge on any atom is 0.246 e. The van der Waals surface area contributed by atoms with Gasteiger partial charge in [0.05, 0.1) is 30.0 Å². The number of nitrogens with one attached hydrogen (secondary N) is 2. The summed E-state index contributed by atoms with van der Waals surface area (Å²) in [5, 5.41) is 16.3. The molecule has 0 bridgehead atoms. The molecular weight excluding hydrogens is 538 g/mol. The molecule has 3 aromatic heterocycles. The van der Waals surface area contributed by atoms with Crippen LogP contribution in [0.5, 0.6) is 0 Å². The average Bonchev–Trinajstić information content (AvgIpc) is 3.68. The topological polar surface area (TPSA) is 113 Å². The normalized spacial score (nSPS) is 17.8. The number of hydrogen-bond acceptors (Lipinski definition) is 10. The minimum absolute atomic E-state index is 0.0312. The van der Waals surface area contributed by atoms with Crippen LogP contribution in [-0.4, -0.2) is 86.1 Å². The molecule has 11 nitrogen and oxygen atoms in total. The minimum atomic E-state index is -0.0312. The van der Waals surface area contributed by atoms with Gasteiger partial charge in [-0.15, -0.1) is 5.10 Å². The number of benzene rings is 1. The molecule has 0 aliphatic carbocycles. The fourth-order valence-corrected chi connectivity index (χ4v) is 5.88. The van der Waals surface area contributed by atoms with Crippen molar-refractivity contribution in [2.24, 2.45) is 0 Å². The molecule has 2 aliphatic heterocycles. The van der Waals surface area contributed by atoms with E-state index in [2.05, 4.69) is 49.5 Å². The first kappa shape index (κ1) is 27.1. The first-order chi connectivity index (χ1) is 20.1. The van der Waals surface area contributed by atoms with Gasteiger partial charge >= 0.3 is 0 Å². The molecule has 2 fully saturated rings. The van der Waals surface area contributed by atoms with Gasteiger partial charge in [0.1, 0.15) is 17.3 Å². The van der Waals surface area contributed by atoms with Crippen LogP contribution in [0.4, 0.5) is 16.8 Å². The van der Waals surface area contributed by atoms with Crippen molar-refractivity contribution in [3.05, 3.63) is 73.1 Å². The fraction of sp³-hybridized carbons (Fsp3) is 0.345. The van der Waals surface area contributed by atoms with Crippen molar-refractivity contribution in [2.75, 3.05) is 50.0 Å². The van der Waals surface area contributed by atoms with Gasteiger partial charge < -0.3 is 20.3 Å². The van der Waals surface area contributed by atoms with Gasteiger partial charge in [-0.05, 0) is 48.7 Å². The molecule has 212 valence electrons. The first-order valence-electron chi connectivity index (χ1n) is 13.8. The molecule has 0 spiro atoms. The molecule has 0 radical (unpaired) electrons. The summed E-state index contributed by atoms with van der Waals surface area (Å²) < 4.78 is 7.29. The van der Waals surface area contributed by atoms with E-state index in [1.807, 2.05) is 41.4 Å². The van der Waals surface area contributed by atoms with Gasteiger partial charge in [-0.25, -0.2) is 14.6 Å². The Labute approximate surface area is 242 Å². The van der Waals surface area contributed by atoms with Crippen LogP contribution in [0.3, 0.4) is 0 Å². The number of piperidine rings is 1. The quantitative estimate of drug-likeness (QED) is 0.288. The molecule has 6 rings (SSSR count). The van der Waals surface area contributed by atoms with Crippen molar-refractivity contribution in [3.8, 4) is 16.3 Å². The number of pyridine rings is 1. The fourth-order valence-electron chi connectivity index (χ4n) is 5.11. The number of nitrogens with zero attached hydrogens (tertiary/aromatic N) is 7. The molecule has 12 heteroatoms. The van der Waals surface area contributed by atoms with E-state index < -0.39 is 0 Å². The molecule has 2 N–H and O–H groups in total. The molecule has 41 heavy (non-hydrogen) atoms. The third-order valence-electron chi connectivity index (χ3n) is 7.16. The zero-order chi connectivity index (χ0) is 28.0. The molecule has 2 aliphatic rings. The number of ether oxygens (including phenoxy) is 1. The summed E-state index contributed by atoms with van der Waals surface area (Å²) in [5.41, 5.74) is 2.85. The Kier molecular flexibility index (Phi) is 8.31. The van der Waals surface area contributed by atoms with E-state index in [9.17, 15) is 4.79 Å². The first-order valence-corrected chi connectivity index (χ1v) is 14.6. The Hall–Kier alpha value is -4.13. The highest BCUT2D eigenvalue weighted by atomic mass is 32.1. The summed E-state index contributed by atoms with van der Waals surface area (Å²) in [6.07, 6.45) is 7.00. The SMILES string of the molecule is C=CC(=O)N1CCC[C@H](Nc2cc(CN3CCOCC3)cc(Nc3ncc(-c4cn(-c5ccccc5)nn4)s3)n2)C1. The van der Waals surface area contributed by atoms with Crippen LogP contribution in [0, 0.1) is 0 Å². The molecule has 5 heterocycles. The van der Waals surface area contributed by atoms with Crippen LogP contribution in [0.25, 0.3) is 16.3 Å². The molecule has 2 saturated heterocycles. The highest BCUT2D eigenvalue weighted by Gasteiger charge is 2.23. The number of anilines is 3. The maximum absolute atomic E-state index is 12.2. The van der Waals surface area contributed by atoms with Crippen molar-refractivity contribution < 1.29 is 9.53 Å². The van der Waals surface area contributed by atoms with Crippen LogP contribution in [-0.2, 0) is 16.1 Å². The van der Waals surface area contributed by atoms with Crippen molar-refractivity contribution in [2.45, 2.75) is 25.4 Å². The van der Waals surface area contributed by atoms with Gasteiger partial charge in [0.15, 0.2) is 5.13 Å². The van der Waals surface area contributed by atoms with Crippen LogP contribution in [0.2, 0.25) is 0 Å². The Morgan fingerprint density at radius 1 is 1.15 bits per heavy atom. The predicted octanol–water partition coefficient (Wildman–Crippen LogP) is 3.95. The zero-order valence-corrected chi connectivity index (χ0v) is 23.6. The highest BCUT2D eigenvalue weighted by molar-refractivity contribution is 7.18. The van der Waals surface area contributed by atoms with E-state index in [1.54, 1.807) is 10.9 Å². The van der Waals surface area contributed by atoms with E-state index in [1.165, 1.54) is 17.4 Å². The number of morpholine rings is 1. The number of amides is 1. The van der Waals surface area contributed by atoms with Crippen LogP contribution in [0.1, 0.15) is 18.4 Å². The van der Waals surface area contributed by atoms with Crippen molar-refractivity contribution in [1.82, 2.24) is 34.8 Å². The summed E-state index contributed by atoms with van der Waals surface area (Å²) in [7, 11) is 0. The largest absolute Gasteiger partial charge is 0.379 e. The smallest absolute Gasteiger partial charge is 0.246 e. The van der Waals surface area contributed by atoms with Gasteiger partial charge in [-0.3, -0.25) is 9.69 Å². The lowest BCUT2D eigenvalue weighted by Gasteiger charge is -2.33. The number of carbonyl (C=O) groups is 1. The second kappa shape index (κ2) is 12.6. The Morgan fingerprint density at radius 3 is 2.80 bits per heavy atom. The minimum Gasteiger partial charge on any atom is -0.379 e. The molecule has 0 saturated carbocycles. The third-order valence-corrected chi connectivity index (χ3v) is 8.10. The third kappa shape index (κ3) is 6.79. The lowest BCUT2D eigenvalue weighted by molar-refractivity contribution is -0.127. The number of thiazole rings is 1. The molecule has 1 aromatic carbocycles. The molecule has 4 aromatic rings. The monoisotopic (exact) mass is 571 g/mol. The zero-order valence-electron chi connectivity index (χ0n) is 22.8. The highest BCUT2D eigenvalue weighted by Crippen LogP contribution is 2.30. The predicted molar refractivity (Wildman–Crippen MR) is 160 cm³/mol. The number of rotatable bonds is 9. The van der Waals surface area contributed by atoms with E-state index in [0.717, 1.165) is 85.0 Å². The molecule has 0 unspecified atom stereocenters. The van der Waals surface area contributed by atoms with E-state index in [0.29, 0.717) is 12.4 Å². The maximum atomic E-state index is 12.2. The van der Waals surface area contributed by atoms with E-state index >= 15 is 0 Å². The molecular formula is C29H33N9O2S. The van der Waals surface area contributed by atoms with Crippen LogP contribution in [0.15, 0.2) is 67.5 Å². The van der Waals surface area contributed by atoms with Gasteiger partial charge in [0.25, 0.3) is 0 Å². The van der Waals surface area contributed by atoms with Crippen LogP contribution >= 0.6 is 11.3 Å². The van der Waals surface area contributed by atoms with Crippen molar-refractivity contribution >= 4 is 34.0 Å². The van der Waals surface area contributed by atoms with Crippen LogP contribution < -0.4 is 10.6 Å². The van der Waals surface area contributed by atoms with Gasteiger partial charge in [-0.1, -0.05) is 41.3 Å². The number of carbonyl (C=O) groups excluding carboxylic acids is 1. The lowest BCUT2D eigenvalue weighted by atomic mass is 10.1. The van der Waals surface area contributed by atoms with E-state index in [-0.39, 0.29) is 11.9 Å². The van der Waals surface area contributed by atoms with Crippen molar-refractivity contribution in [1.29, 1.82) is 0 Å². The van der Waals surface area contributed by atoms with Gasteiger partial charge in [0.2, 0.25) is 5.91 Å². The standard InChI is InChI=1S/C29H33N9O2S/c1-2-28(39)37-10-6-7-22(19-37)31-26-15-21(18-36-11-13-40-14-12-36)16-27(32-26)33-29-30-17-25(41-29)24-20-38(35-34-24)23-8-4-3-5-9-23/h2-5,8-9,15-17,20,22H,1,6-7,10-14,18-19H2,(H2,30,31,32,33)/t22-/m0/s1. The average molecular weight is 572 g/mol. The second-order valence-corrected chi connectivity index (χ2v) is 11.2. The van der Waals surface area contributed by atoms with E-state index in [4.69, 9.17) is 9.72 Å². The summed E-state index contributed by atoms with van der Waals surface area (Å²) in [6, 6.07) is 14.2. The summed E-state index contributed by atoms with van der Waals surface area (Å²) >= 11 is 1.50. The molecule has 1 amide bonds. The molecule has 1 atom stereocenters. The summed E-state index contributed by atoms with van der Waals surface area (Å²) in [4.78, 5) is 26.8. The number of hydrogen-bond donors (Lipinski definition) is 2. The lowest BCUT2D eigenvalue weighted by Crippen LogP contribution is -2.44. The van der Waals surface area contributed by atoms with Gasteiger partial charge in [0, 0.05) is 45.0 Å². The van der Waals surface area contributed by atoms with Crippen molar-refractivity contribution in [3.63, 3.8) is 0 Å². The second-order valence-electron chi connectivity index (χ2n) is 10.1. The number of aromatic nitrogens is 5. The summed E-state index contributed by atoms with van der Waals surface area (Å²) in [6.45, 7) is 9.10. The Bertz CT molecular complexity index is 1480. The number of likely N-dealkylation sites (tertiary alicyclic amines) is 1. The Balaban J connectivity index is 1.20. The summed E-state index contributed by atoms with van der Waals surface area (Å²) in [5.74, 6) is 1.46.